The van der Waals surface area contributed by atoms with Gasteiger partial charge in [0.2, 0.25) is 0 Å². The lowest BCUT2D eigenvalue weighted by molar-refractivity contribution is 0.413. The lowest BCUT2D eigenvalue weighted by Gasteiger charge is -2.26. The molecule has 0 aliphatic heterocycles. The first-order valence-corrected chi connectivity index (χ1v) is 20.7. The van der Waals surface area contributed by atoms with Gasteiger partial charge in [-0.05, 0) is 25.0 Å². The van der Waals surface area contributed by atoms with Crippen LogP contribution in [-0.4, -0.2) is 20.2 Å². The summed E-state index contributed by atoms with van der Waals surface area (Å²) in [6.07, 6.45) is 45.7. The van der Waals surface area contributed by atoms with E-state index in [0.29, 0.717) is 0 Å². The number of methoxy groups -OCH3 is 1. The molecule has 2 nitrogen and oxygen atoms in total. The molecule has 1 aromatic carbocycles. The number of nitrogens with zero attached hydrogens (tertiary/aromatic N) is 1. The molecule has 0 fully saturated rings. The van der Waals surface area contributed by atoms with E-state index >= 15 is 0 Å². The molecule has 45 heavy (non-hydrogen) atoms. The molecule has 1 aromatic rings. The highest BCUT2D eigenvalue weighted by Crippen LogP contribution is 2.28. The molecule has 0 N–H and O–H groups in total. The van der Waals surface area contributed by atoms with Crippen molar-refractivity contribution in [3.8, 4) is 5.75 Å². The van der Waals surface area contributed by atoms with Crippen LogP contribution >= 0.6 is 0 Å². The maximum atomic E-state index is 5.75. The van der Waals surface area contributed by atoms with Crippen LogP contribution in [-0.2, 0) is 0 Å². The summed E-state index contributed by atoms with van der Waals surface area (Å²) in [6.45, 7) is 6.94. The highest BCUT2D eigenvalue weighted by Gasteiger charge is 2.11. The van der Waals surface area contributed by atoms with Gasteiger partial charge in [-0.25, -0.2) is 0 Å². The second kappa shape index (κ2) is 34.2. The molecule has 0 saturated heterocycles. The first kappa shape index (κ1) is 41.8. The molecular weight excluding hydrogens is 546 g/mol. The van der Waals surface area contributed by atoms with Crippen LogP contribution in [0.5, 0.6) is 5.75 Å². The number of benzene rings is 1. The van der Waals surface area contributed by atoms with Crippen molar-refractivity contribution in [2.75, 3.05) is 25.1 Å². The molecule has 0 unspecified atom stereocenters. The summed E-state index contributed by atoms with van der Waals surface area (Å²) in [6, 6.07) is 8.66. The Kier molecular flexibility index (Phi) is 31.8. The minimum absolute atomic E-state index is 1.03. The number of anilines is 1. The van der Waals surface area contributed by atoms with E-state index in [9.17, 15) is 0 Å². The van der Waals surface area contributed by atoms with Crippen molar-refractivity contribution in [3.05, 3.63) is 24.3 Å². The fraction of sp³-hybridized carbons (Fsp3) is 0.860. The summed E-state index contributed by atoms with van der Waals surface area (Å²) in [5.41, 5.74) is 1.29. The summed E-state index contributed by atoms with van der Waals surface area (Å²) in [4.78, 5) is 2.62. The SMILES string of the molecule is CCCCCCCCCCCCCCCCCCN(CCCCCCCCCCCCCCCCCC)c1ccccc1OC. The van der Waals surface area contributed by atoms with Crippen molar-refractivity contribution in [1.29, 1.82) is 0 Å². The number of hydrogen-bond acceptors (Lipinski definition) is 2. The van der Waals surface area contributed by atoms with E-state index in [1.165, 1.54) is 211 Å². The van der Waals surface area contributed by atoms with Gasteiger partial charge in [0.1, 0.15) is 5.75 Å². The molecule has 0 amide bonds. The average Bonchev–Trinajstić information content (AvgIpc) is 3.06. The third-order valence-electron chi connectivity index (χ3n) is 9.99. The molecule has 0 atom stereocenters. The summed E-state index contributed by atoms with van der Waals surface area (Å²) in [7, 11) is 1.82. The Balaban J connectivity index is 2.07. The lowest BCUT2D eigenvalue weighted by atomic mass is 10.0. The van der Waals surface area contributed by atoms with Gasteiger partial charge in [-0.3, -0.25) is 0 Å². The van der Waals surface area contributed by atoms with Crippen LogP contribution in [0.4, 0.5) is 5.69 Å². The number of para-hydroxylation sites is 2. The molecule has 0 bridgehead atoms. The van der Waals surface area contributed by atoms with E-state index in [1.54, 1.807) is 0 Å². The fourth-order valence-electron chi connectivity index (χ4n) is 6.95. The zero-order valence-electron chi connectivity index (χ0n) is 31.2. The number of hydrogen-bond donors (Lipinski definition) is 0. The zero-order chi connectivity index (χ0) is 32.3. The van der Waals surface area contributed by atoms with Gasteiger partial charge >= 0.3 is 0 Å². The molecule has 0 aromatic heterocycles. The summed E-state index contributed by atoms with van der Waals surface area (Å²) in [5, 5.41) is 0. The van der Waals surface area contributed by atoms with Crippen molar-refractivity contribution in [2.24, 2.45) is 0 Å². The van der Waals surface area contributed by atoms with E-state index in [-0.39, 0.29) is 0 Å². The Morgan fingerprint density at radius 2 is 0.644 bits per heavy atom. The van der Waals surface area contributed by atoms with Gasteiger partial charge in [-0.1, -0.05) is 219 Å². The van der Waals surface area contributed by atoms with E-state index < -0.39 is 0 Å². The molecule has 0 aliphatic carbocycles. The largest absolute Gasteiger partial charge is 0.495 e. The van der Waals surface area contributed by atoms with Crippen molar-refractivity contribution in [3.63, 3.8) is 0 Å². The first-order chi connectivity index (χ1) is 22.3. The van der Waals surface area contributed by atoms with Crippen LogP contribution in [0, 0.1) is 0 Å². The van der Waals surface area contributed by atoms with Crippen LogP contribution in [0.15, 0.2) is 24.3 Å². The smallest absolute Gasteiger partial charge is 0.142 e. The maximum absolute atomic E-state index is 5.75. The minimum atomic E-state index is 1.03. The number of unbranched alkanes of at least 4 members (excludes halogenated alkanes) is 30. The minimum Gasteiger partial charge on any atom is -0.495 e. The van der Waals surface area contributed by atoms with Gasteiger partial charge in [0.15, 0.2) is 0 Å². The van der Waals surface area contributed by atoms with E-state index in [1.807, 2.05) is 7.11 Å². The van der Waals surface area contributed by atoms with E-state index in [4.69, 9.17) is 4.74 Å². The second-order valence-electron chi connectivity index (χ2n) is 14.3. The molecule has 0 radical (unpaired) electrons. The maximum Gasteiger partial charge on any atom is 0.142 e. The van der Waals surface area contributed by atoms with E-state index in [0.717, 1.165) is 18.8 Å². The highest BCUT2D eigenvalue weighted by atomic mass is 16.5. The normalized spacial score (nSPS) is 11.4. The Morgan fingerprint density at radius 1 is 0.378 bits per heavy atom. The van der Waals surface area contributed by atoms with Crippen LogP contribution in [0.1, 0.15) is 219 Å². The average molecular weight is 628 g/mol. The van der Waals surface area contributed by atoms with Crippen molar-refractivity contribution < 1.29 is 4.74 Å². The van der Waals surface area contributed by atoms with Gasteiger partial charge in [-0.15, -0.1) is 0 Å². The van der Waals surface area contributed by atoms with E-state index in [2.05, 4.69) is 43.0 Å². The number of ether oxygens (including phenoxy) is 1. The molecule has 0 heterocycles. The first-order valence-electron chi connectivity index (χ1n) is 20.7. The van der Waals surface area contributed by atoms with Gasteiger partial charge in [-0.2, -0.15) is 0 Å². The topological polar surface area (TPSA) is 12.5 Å². The Bertz CT molecular complexity index is 667. The molecule has 0 saturated carbocycles. The highest BCUT2D eigenvalue weighted by molar-refractivity contribution is 5.58. The molecule has 0 aliphatic rings. The monoisotopic (exact) mass is 628 g/mol. The Hall–Kier alpha value is -1.18. The quantitative estimate of drug-likeness (QED) is 0.0686. The predicted octanol–water partition coefficient (Wildman–Crippen LogP) is 15.0. The molecule has 264 valence electrons. The Labute approximate surface area is 284 Å². The van der Waals surface area contributed by atoms with Crippen LogP contribution in [0.3, 0.4) is 0 Å². The molecule has 0 spiro atoms. The third kappa shape index (κ3) is 26.6. The van der Waals surface area contributed by atoms with Crippen LogP contribution in [0.25, 0.3) is 0 Å². The predicted molar refractivity (Wildman–Crippen MR) is 204 cm³/mol. The van der Waals surface area contributed by atoms with Gasteiger partial charge in [0.25, 0.3) is 0 Å². The van der Waals surface area contributed by atoms with Crippen molar-refractivity contribution >= 4 is 5.69 Å². The number of rotatable bonds is 36. The van der Waals surface area contributed by atoms with Crippen molar-refractivity contribution in [1.82, 2.24) is 0 Å². The molecular formula is C43H81NO. The Morgan fingerprint density at radius 3 is 0.933 bits per heavy atom. The van der Waals surface area contributed by atoms with Crippen LogP contribution < -0.4 is 9.64 Å². The third-order valence-corrected chi connectivity index (χ3v) is 9.99. The summed E-state index contributed by atoms with van der Waals surface area (Å²) >= 11 is 0. The fourth-order valence-corrected chi connectivity index (χ4v) is 6.95. The van der Waals surface area contributed by atoms with Gasteiger partial charge < -0.3 is 9.64 Å². The van der Waals surface area contributed by atoms with Gasteiger partial charge in [0.05, 0.1) is 12.8 Å². The second-order valence-corrected chi connectivity index (χ2v) is 14.3. The van der Waals surface area contributed by atoms with Gasteiger partial charge in [0, 0.05) is 13.1 Å². The summed E-state index contributed by atoms with van der Waals surface area (Å²) < 4.78 is 5.75. The standard InChI is InChI=1S/C43H81NO/c1-4-6-8-10-12-14-16-18-20-22-24-26-28-30-32-36-40-44(42-38-34-35-39-43(42)45-3)41-37-33-31-29-27-25-23-21-19-17-15-13-11-9-7-5-2/h34-35,38-39H,4-33,36-37,40-41H2,1-3H3. The molecule has 2 heteroatoms. The summed E-state index contributed by atoms with van der Waals surface area (Å²) in [5.74, 6) is 1.03. The zero-order valence-corrected chi connectivity index (χ0v) is 31.2. The van der Waals surface area contributed by atoms with Crippen molar-refractivity contribution in [2.45, 2.75) is 219 Å². The van der Waals surface area contributed by atoms with Crippen LogP contribution in [0.2, 0.25) is 0 Å². The lowest BCUT2D eigenvalue weighted by Crippen LogP contribution is -2.26. The molecule has 1 rings (SSSR count).